The summed E-state index contributed by atoms with van der Waals surface area (Å²) in [5.74, 6) is -1.45. The second-order valence-electron chi connectivity index (χ2n) is 9.59. The Balaban J connectivity index is 1.45. The van der Waals surface area contributed by atoms with E-state index < -0.39 is 17.5 Å². The zero-order chi connectivity index (χ0) is 27.7. The number of halogens is 5. The lowest BCUT2D eigenvalue weighted by molar-refractivity contribution is -0.140. The third-order valence-corrected chi connectivity index (χ3v) is 8.72. The molecule has 0 spiro atoms. The number of hydrogen-bond donors (Lipinski definition) is 0. The average Bonchev–Trinajstić information content (AvgIpc) is 3.16. The van der Waals surface area contributed by atoms with Crippen LogP contribution in [-0.2, 0) is 22.8 Å². The summed E-state index contributed by atoms with van der Waals surface area (Å²) >= 11 is 8.60. The summed E-state index contributed by atoms with van der Waals surface area (Å²) in [6.07, 6.45) is -3.43. The largest absolute Gasteiger partial charge is 0.435 e. The molecule has 198 valence electrons. The summed E-state index contributed by atoms with van der Waals surface area (Å²) < 4.78 is 46.9. The number of benzene rings is 2. The third kappa shape index (κ3) is 4.31. The van der Waals surface area contributed by atoms with Crippen LogP contribution in [0.15, 0.2) is 43.2 Å². The summed E-state index contributed by atoms with van der Waals surface area (Å²) in [6, 6.07) is 6.78. The summed E-state index contributed by atoms with van der Waals surface area (Å²) in [4.78, 5) is 40.6. The van der Waals surface area contributed by atoms with Crippen LogP contribution in [-0.4, -0.2) is 40.2 Å². The molecule has 2 unspecified atom stereocenters. The van der Waals surface area contributed by atoms with Crippen LogP contribution >= 0.6 is 34.2 Å². The predicted molar refractivity (Wildman–Crippen MR) is 143 cm³/mol. The quantitative estimate of drug-likeness (QED) is 0.146. The minimum atomic E-state index is -4.52. The highest BCUT2D eigenvalue weighted by Gasteiger charge is 2.61. The molecule has 0 bridgehead atoms. The van der Waals surface area contributed by atoms with Crippen molar-refractivity contribution in [2.24, 2.45) is 24.8 Å². The number of esters is 1. The zero-order valence-corrected chi connectivity index (χ0v) is 23.1. The molecule has 1 saturated carbocycles. The number of carbonyl (C=O) groups excluding carboxylic acids is 3. The van der Waals surface area contributed by atoms with Gasteiger partial charge in [-0.3, -0.25) is 14.4 Å². The minimum Gasteiger partial charge on any atom is -0.435 e. The van der Waals surface area contributed by atoms with Crippen LogP contribution in [0.25, 0.3) is 10.9 Å². The van der Waals surface area contributed by atoms with Gasteiger partial charge in [-0.1, -0.05) is 18.2 Å². The van der Waals surface area contributed by atoms with Crippen LogP contribution in [0.1, 0.15) is 37.5 Å². The SMILES string of the molecule is C=COC(=O)C1C2CN(C(=O)c3ccc(I)c(C(=O)c4cc5c(C)cc(C(F)(F)F)cc5n4C)c3Cl)CC21. The molecule has 2 heterocycles. The maximum atomic E-state index is 13.7. The van der Waals surface area contributed by atoms with Crippen molar-refractivity contribution >= 4 is 62.8 Å². The summed E-state index contributed by atoms with van der Waals surface area (Å²) in [6.45, 7) is 5.69. The number of aromatic nitrogens is 1. The van der Waals surface area contributed by atoms with Gasteiger partial charge in [0.25, 0.3) is 5.91 Å². The molecule has 0 N–H and O–H groups in total. The molecular weight excluding hydrogens is 636 g/mol. The second kappa shape index (κ2) is 9.41. The normalized spacial score (nSPS) is 20.4. The van der Waals surface area contributed by atoms with Crippen molar-refractivity contribution < 1.29 is 32.3 Å². The summed E-state index contributed by atoms with van der Waals surface area (Å²) in [5, 5.41) is 0.496. The van der Waals surface area contributed by atoms with E-state index in [1.807, 2.05) is 22.6 Å². The summed E-state index contributed by atoms with van der Waals surface area (Å²) in [7, 11) is 1.52. The number of carbonyl (C=O) groups is 3. The van der Waals surface area contributed by atoms with Crippen LogP contribution in [0.5, 0.6) is 0 Å². The predicted octanol–water partition coefficient (Wildman–Crippen LogP) is 6.00. The lowest BCUT2D eigenvalue weighted by Gasteiger charge is -2.21. The van der Waals surface area contributed by atoms with Gasteiger partial charge in [-0.15, -0.1) is 0 Å². The van der Waals surface area contributed by atoms with Gasteiger partial charge in [-0.2, -0.15) is 13.2 Å². The number of aryl methyl sites for hydroxylation is 2. The molecule has 1 aromatic heterocycles. The van der Waals surface area contributed by atoms with Gasteiger partial charge in [0.15, 0.2) is 0 Å². The number of hydrogen-bond acceptors (Lipinski definition) is 4. The second-order valence-corrected chi connectivity index (χ2v) is 11.1. The topological polar surface area (TPSA) is 68.6 Å². The molecule has 2 atom stereocenters. The fourth-order valence-electron chi connectivity index (χ4n) is 5.42. The van der Waals surface area contributed by atoms with Crippen LogP contribution in [0.4, 0.5) is 13.2 Å². The molecular formula is C27H21ClF3IN2O4. The molecule has 1 amide bonds. The Morgan fingerprint density at radius 1 is 1.16 bits per heavy atom. The lowest BCUT2D eigenvalue weighted by Crippen LogP contribution is -2.33. The monoisotopic (exact) mass is 656 g/mol. The van der Waals surface area contributed by atoms with E-state index in [1.165, 1.54) is 11.6 Å². The Labute approximate surface area is 234 Å². The molecule has 38 heavy (non-hydrogen) atoms. The first-order valence-electron chi connectivity index (χ1n) is 11.7. The van der Waals surface area contributed by atoms with Gasteiger partial charge in [0, 0.05) is 34.6 Å². The molecule has 1 aliphatic carbocycles. The van der Waals surface area contributed by atoms with Crippen LogP contribution in [0.3, 0.4) is 0 Å². The van der Waals surface area contributed by atoms with E-state index in [1.54, 1.807) is 30.0 Å². The van der Waals surface area contributed by atoms with E-state index in [2.05, 4.69) is 6.58 Å². The Hall–Kier alpha value is -2.86. The molecule has 1 aliphatic heterocycles. The molecule has 2 aliphatic rings. The number of nitrogens with zero attached hydrogens (tertiary/aromatic N) is 2. The first-order valence-corrected chi connectivity index (χ1v) is 13.1. The molecule has 11 heteroatoms. The van der Waals surface area contributed by atoms with Gasteiger partial charge in [0.05, 0.1) is 39.6 Å². The number of rotatable bonds is 5. The van der Waals surface area contributed by atoms with Crippen molar-refractivity contribution in [3.63, 3.8) is 0 Å². The molecule has 6 nitrogen and oxygen atoms in total. The van der Waals surface area contributed by atoms with Crippen LogP contribution in [0, 0.1) is 28.2 Å². The van der Waals surface area contributed by atoms with Gasteiger partial charge in [0.1, 0.15) is 0 Å². The van der Waals surface area contributed by atoms with Crippen molar-refractivity contribution in [1.29, 1.82) is 0 Å². The van der Waals surface area contributed by atoms with Crippen molar-refractivity contribution in [2.45, 2.75) is 13.1 Å². The number of alkyl halides is 3. The maximum absolute atomic E-state index is 13.7. The Bertz CT molecular complexity index is 1540. The van der Waals surface area contributed by atoms with Crippen molar-refractivity contribution in [3.8, 4) is 0 Å². The third-order valence-electron chi connectivity index (χ3n) is 7.43. The smallest absolute Gasteiger partial charge is 0.416 e. The Kier molecular flexibility index (Phi) is 6.62. The fraction of sp³-hybridized carbons (Fsp3) is 0.296. The number of piperidine rings is 1. The Morgan fingerprint density at radius 3 is 2.42 bits per heavy atom. The van der Waals surface area contributed by atoms with Crippen molar-refractivity contribution in [3.05, 3.63) is 79.7 Å². The van der Waals surface area contributed by atoms with Gasteiger partial charge in [0.2, 0.25) is 5.78 Å². The number of likely N-dealkylation sites (tertiary alicyclic amines) is 1. The standard InChI is InChI=1S/C27H21ClF3IN2O4/c1-4-38-26(37)21-16-10-34(11-17(16)21)25(36)14-5-6-18(32)22(23(14)28)24(35)20-9-15-12(2)7-13(27(29,30)31)8-19(15)33(20)3/h4-9,16-17,21H,1,10-11H2,2-3H3. The van der Waals surface area contributed by atoms with E-state index in [4.69, 9.17) is 16.3 Å². The number of ether oxygens (including phenoxy) is 1. The first-order chi connectivity index (χ1) is 17.8. The molecule has 2 aromatic carbocycles. The molecule has 2 fully saturated rings. The van der Waals surface area contributed by atoms with E-state index >= 15 is 0 Å². The molecule has 1 saturated heterocycles. The maximum Gasteiger partial charge on any atom is 0.416 e. The first kappa shape index (κ1) is 26.7. The lowest BCUT2D eigenvalue weighted by atomic mass is 10.0. The molecule has 0 radical (unpaired) electrons. The fourth-order valence-corrected chi connectivity index (χ4v) is 6.60. The van der Waals surface area contributed by atoms with Gasteiger partial charge >= 0.3 is 12.1 Å². The van der Waals surface area contributed by atoms with Crippen molar-refractivity contribution in [2.75, 3.05) is 13.1 Å². The zero-order valence-electron chi connectivity index (χ0n) is 20.2. The van der Waals surface area contributed by atoms with E-state index in [0.29, 0.717) is 27.6 Å². The van der Waals surface area contributed by atoms with E-state index in [9.17, 15) is 27.6 Å². The number of amides is 1. The van der Waals surface area contributed by atoms with E-state index in [-0.39, 0.29) is 57.0 Å². The molecule has 5 rings (SSSR count). The average molecular weight is 657 g/mol. The minimum absolute atomic E-state index is 0.00996. The van der Waals surface area contributed by atoms with Gasteiger partial charge < -0.3 is 14.2 Å². The van der Waals surface area contributed by atoms with Gasteiger partial charge in [-0.05, 0) is 77.2 Å². The Morgan fingerprint density at radius 2 is 1.82 bits per heavy atom. The number of fused-ring (bicyclic) bond motifs is 2. The highest BCUT2D eigenvalue weighted by molar-refractivity contribution is 14.1. The van der Waals surface area contributed by atoms with E-state index in [0.717, 1.165) is 18.4 Å². The molecule has 3 aromatic rings. The van der Waals surface area contributed by atoms with Crippen molar-refractivity contribution in [1.82, 2.24) is 9.47 Å². The number of ketones is 1. The van der Waals surface area contributed by atoms with Crippen LogP contribution < -0.4 is 0 Å². The van der Waals surface area contributed by atoms with Gasteiger partial charge in [-0.25, -0.2) is 0 Å². The highest BCUT2D eigenvalue weighted by Crippen LogP contribution is 2.52. The summed E-state index contributed by atoms with van der Waals surface area (Å²) in [5.41, 5.74) is 0.257. The highest BCUT2D eigenvalue weighted by atomic mass is 127. The van der Waals surface area contributed by atoms with Crippen LogP contribution in [0.2, 0.25) is 5.02 Å².